The van der Waals surface area contributed by atoms with Crippen molar-refractivity contribution in [2.45, 2.75) is 25.6 Å². The molecule has 4 nitrogen and oxygen atoms in total. The Kier molecular flexibility index (Phi) is 3.83. The Morgan fingerprint density at radius 2 is 2.05 bits per heavy atom. The Hall–Kier alpha value is -1.83. The first-order valence-corrected chi connectivity index (χ1v) is 6.15. The molecule has 0 unspecified atom stereocenters. The first-order chi connectivity index (χ1) is 9.63. The number of nitrogens with zero attached hydrogens (tertiary/aromatic N) is 1. The molecule has 0 spiro atoms. The van der Waals surface area contributed by atoms with Crippen molar-refractivity contribution in [3.8, 4) is 0 Å². The van der Waals surface area contributed by atoms with Gasteiger partial charge in [-0.3, -0.25) is 4.90 Å². The van der Waals surface area contributed by atoms with Crippen molar-refractivity contribution in [1.82, 2.24) is 4.90 Å². The molecule has 1 aromatic carbocycles. The average Bonchev–Trinajstić information content (AvgIpc) is 2.70. The molecule has 0 atom stereocenters. The second-order valence-corrected chi connectivity index (χ2v) is 5.31. The second kappa shape index (κ2) is 5.18. The SMILES string of the molecule is CC1(C)COCN1C(=O)Nc1c(F)cccc1C(F)(F)F. The number of amides is 2. The quantitative estimate of drug-likeness (QED) is 0.808. The number of ether oxygens (including phenoxy) is 1. The lowest BCUT2D eigenvalue weighted by molar-refractivity contribution is -0.137. The average molecular weight is 306 g/mol. The summed E-state index contributed by atoms with van der Waals surface area (Å²) in [5.74, 6) is -1.14. The van der Waals surface area contributed by atoms with Gasteiger partial charge in [0.05, 0.1) is 23.4 Å². The summed E-state index contributed by atoms with van der Waals surface area (Å²) in [6, 6.07) is 1.67. The summed E-state index contributed by atoms with van der Waals surface area (Å²) in [4.78, 5) is 13.3. The van der Waals surface area contributed by atoms with Gasteiger partial charge < -0.3 is 10.1 Å². The van der Waals surface area contributed by atoms with Crippen LogP contribution in [-0.4, -0.2) is 29.8 Å². The summed E-state index contributed by atoms with van der Waals surface area (Å²) < 4.78 is 57.3. The van der Waals surface area contributed by atoms with Crippen LogP contribution in [0.5, 0.6) is 0 Å². The molecule has 0 aliphatic carbocycles. The van der Waals surface area contributed by atoms with E-state index in [0.717, 1.165) is 12.1 Å². The van der Waals surface area contributed by atoms with Gasteiger partial charge in [-0.25, -0.2) is 9.18 Å². The van der Waals surface area contributed by atoms with Crippen molar-refractivity contribution in [3.63, 3.8) is 0 Å². The third-order valence-corrected chi connectivity index (χ3v) is 3.20. The number of nitrogens with one attached hydrogen (secondary N) is 1. The van der Waals surface area contributed by atoms with Crippen LogP contribution in [0.2, 0.25) is 0 Å². The molecule has 21 heavy (non-hydrogen) atoms. The maximum Gasteiger partial charge on any atom is 0.418 e. The number of urea groups is 1. The molecule has 0 aromatic heterocycles. The van der Waals surface area contributed by atoms with Gasteiger partial charge >= 0.3 is 12.2 Å². The Morgan fingerprint density at radius 3 is 2.57 bits per heavy atom. The molecule has 1 N–H and O–H groups in total. The van der Waals surface area contributed by atoms with Crippen LogP contribution in [0.25, 0.3) is 0 Å². The van der Waals surface area contributed by atoms with Gasteiger partial charge in [-0.2, -0.15) is 13.2 Å². The van der Waals surface area contributed by atoms with Gasteiger partial charge in [0, 0.05) is 0 Å². The van der Waals surface area contributed by atoms with Crippen molar-refractivity contribution in [2.24, 2.45) is 0 Å². The van der Waals surface area contributed by atoms with Crippen molar-refractivity contribution in [1.29, 1.82) is 0 Å². The molecule has 1 heterocycles. The Labute approximate surface area is 118 Å². The number of carbonyl (C=O) groups excluding carboxylic acids is 1. The summed E-state index contributed by atoms with van der Waals surface area (Å²) in [5.41, 5.74) is -2.78. The summed E-state index contributed by atoms with van der Waals surface area (Å²) >= 11 is 0. The van der Waals surface area contributed by atoms with Crippen molar-refractivity contribution in [3.05, 3.63) is 29.6 Å². The summed E-state index contributed by atoms with van der Waals surface area (Å²) in [7, 11) is 0. The number of benzene rings is 1. The van der Waals surface area contributed by atoms with Crippen LogP contribution in [-0.2, 0) is 10.9 Å². The number of alkyl halides is 3. The second-order valence-electron chi connectivity index (χ2n) is 5.31. The molecule has 1 aliphatic rings. The van der Waals surface area contributed by atoms with E-state index < -0.39 is 34.8 Å². The fourth-order valence-electron chi connectivity index (χ4n) is 2.03. The monoisotopic (exact) mass is 306 g/mol. The predicted octanol–water partition coefficient (Wildman–Crippen LogP) is 3.44. The number of hydrogen-bond donors (Lipinski definition) is 1. The molecule has 2 amide bonds. The highest BCUT2D eigenvalue weighted by Crippen LogP contribution is 2.36. The molecule has 0 saturated carbocycles. The Balaban J connectivity index is 2.30. The van der Waals surface area contributed by atoms with Gasteiger partial charge in [-0.05, 0) is 26.0 Å². The van der Waals surface area contributed by atoms with Gasteiger partial charge in [0.1, 0.15) is 12.5 Å². The Bertz CT molecular complexity index is 558. The smallest absolute Gasteiger partial charge is 0.359 e. The van der Waals surface area contributed by atoms with Gasteiger partial charge in [0.25, 0.3) is 0 Å². The van der Waals surface area contributed by atoms with Crippen LogP contribution in [0.3, 0.4) is 0 Å². The normalized spacial score (nSPS) is 17.9. The molecule has 2 rings (SSSR count). The molecule has 0 radical (unpaired) electrons. The maximum atomic E-state index is 13.7. The first kappa shape index (κ1) is 15.6. The molecule has 8 heteroatoms. The lowest BCUT2D eigenvalue weighted by Gasteiger charge is -2.29. The van der Waals surface area contributed by atoms with Gasteiger partial charge in [-0.1, -0.05) is 6.07 Å². The number of carbonyl (C=O) groups is 1. The molecular formula is C13H14F4N2O2. The molecule has 0 bridgehead atoms. The predicted molar refractivity (Wildman–Crippen MR) is 67.2 cm³/mol. The summed E-state index contributed by atoms with van der Waals surface area (Å²) in [6.45, 7) is 3.59. The van der Waals surface area contributed by atoms with Crippen LogP contribution in [0.15, 0.2) is 18.2 Å². The number of anilines is 1. The van der Waals surface area contributed by atoms with Crippen molar-refractivity contribution < 1.29 is 27.1 Å². The van der Waals surface area contributed by atoms with E-state index in [2.05, 4.69) is 0 Å². The highest BCUT2D eigenvalue weighted by atomic mass is 19.4. The van der Waals surface area contributed by atoms with Crippen LogP contribution in [0.4, 0.5) is 28.0 Å². The van der Waals surface area contributed by atoms with Crippen LogP contribution in [0, 0.1) is 5.82 Å². The van der Waals surface area contributed by atoms with Crippen LogP contribution >= 0.6 is 0 Å². The van der Waals surface area contributed by atoms with E-state index in [9.17, 15) is 22.4 Å². The van der Waals surface area contributed by atoms with E-state index in [1.807, 2.05) is 5.32 Å². The van der Waals surface area contributed by atoms with Crippen molar-refractivity contribution in [2.75, 3.05) is 18.7 Å². The van der Waals surface area contributed by atoms with Crippen LogP contribution < -0.4 is 5.32 Å². The van der Waals surface area contributed by atoms with Gasteiger partial charge in [-0.15, -0.1) is 0 Å². The summed E-state index contributed by atoms with van der Waals surface area (Å²) in [5, 5.41) is 1.99. The topological polar surface area (TPSA) is 41.6 Å². The first-order valence-electron chi connectivity index (χ1n) is 6.15. The minimum atomic E-state index is -4.76. The fourth-order valence-corrected chi connectivity index (χ4v) is 2.03. The largest absolute Gasteiger partial charge is 0.418 e. The van der Waals surface area contributed by atoms with E-state index in [0.29, 0.717) is 6.07 Å². The molecule has 1 aliphatic heterocycles. The zero-order valence-corrected chi connectivity index (χ0v) is 11.4. The Morgan fingerprint density at radius 1 is 1.38 bits per heavy atom. The lowest BCUT2D eigenvalue weighted by Crippen LogP contribution is -2.46. The standard InChI is InChI=1S/C13H14F4N2O2/c1-12(2)6-21-7-19(12)11(20)18-10-8(13(15,16)17)4-3-5-9(10)14/h3-5H,6-7H2,1-2H3,(H,18,20). The highest BCUT2D eigenvalue weighted by molar-refractivity contribution is 5.91. The number of halogens is 4. The minimum absolute atomic E-state index is 0.0609. The van der Waals surface area contributed by atoms with E-state index in [1.165, 1.54) is 4.90 Å². The maximum absolute atomic E-state index is 13.7. The van der Waals surface area contributed by atoms with Gasteiger partial charge in [0.2, 0.25) is 0 Å². The molecule has 116 valence electrons. The van der Waals surface area contributed by atoms with Crippen LogP contribution in [0.1, 0.15) is 19.4 Å². The zero-order valence-electron chi connectivity index (χ0n) is 11.4. The number of rotatable bonds is 1. The van der Waals surface area contributed by atoms with Gasteiger partial charge in [0.15, 0.2) is 0 Å². The molecular weight excluding hydrogens is 292 g/mol. The highest BCUT2D eigenvalue weighted by Gasteiger charge is 2.39. The van der Waals surface area contributed by atoms with E-state index in [4.69, 9.17) is 4.74 Å². The minimum Gasteiger partial charge on any atom is -0.359 e. The number of para-hydroxylation sites is 1. The summed E-state index contributed by atoms with van der Waals surface area (Å²) in [6.07, 6.45) is -4.76. The third kappa shape index (κ3) is 3.10. The third-order valence-electron chi connectivity index (χ3n) is 3.20. The zero-order chi connectivity index (χ0) is 15.8. The van der Waals surface area contributed by atoms with E-state index in [1.54, 1.807) is 13.8 Å². The lowest BCUT2D eigenvalue weighted by atomic mass is 10.1. The van der Waals surface area contributed by atoms with E-state index in [-0.39, 0.29) is 13.3 Å². The van der Waals surface area contributed by atoms with Crippen molar-refractivity contribution >= 4 is 11.7 Å². The molecule has 1 fully saturated rings. The van der Waals surface area contributed by atoms with E-state index >= 15 is 0 Å². The molecule has 1 saturated heterocycles. The number of hydrogen-bond acceptors (Lipinski definition) is 2. The fraction of sp³-hybridized carbons (Fsp3) is 0.462. The molecule has 1 aromatic rings.